The zero-order chi connectivity index (χ0) is 23.3. The predicted molar refractivity (Wildman–Crippen MR) is 111 cm³/mol. The Morgan fingerprint density at radius 1 is 1.16 bits per heavy atom. The third kappa shape index (κ3) is 4.03. The predicted octanol–water partition coefficient (Wildman–Crippen LogP) is 3.50. The van der Waals surface area contributed by atoms with E-state index in [1.807, 2.05) is 0 Å². The first-order chi connectivity index (χ1) is 15.0. The average molecular weight is 471 g/mol. The molecule has 32 heavy (non-hydrogen) atoms. The third-order valence-electron chi connectivity index (χ3n) is 6.27. The molecular weight excluding hydrogens is 445 g/mol. The van der Waals surface area contributed by atoms with E-state index in [2.05, 4.69) is 10.2 Å². The van der Waals surface area contributed by atoms with Crippen LogP contribution in [0.3, 0.4) is 0 Å². The van der Waals surface area contributed by atoms with Crippen molar-refractivity contribution in [3.63, 3.8) is 0 Å². The molecule has 2 aliphatic heterocycles. The number of nitrogens with one attached hydrogen (secondary N) is 1. The van der Waals surface area contributed by atoms with Gasteiger partial charge in [-0.15, -0.1) is 0 Å². The number of carbonyl (C=O) groups excluding carboxylic acids is 1. The van der Waals surface area contributed by atoms with E-state index in [4.69, 9.17) is 0 Å². The zero-order valence-corrected chi connectivity index (χ0v) is 18.6. The van der Waals surface area contributed by atoms with Crippen molar-refractivity contribution in [1.82, 2.24) is 19.4 Å². The van der Waals surface area contributed by atoms with Crippen molar-refractivity contribution in [2.24, 2.45) is 0 Å². The number of halogens is 3. The van der Waals surface area contributed by atoms with Gasteiger partial charge in [0, 0.05) is 25.2 Å². The number of sulfonamides is 1. The van der Waals surface area contributed by atoms with Gasteiger partial charge >= 0.3 is 6.18 Å². The van der Waals surface area contributed by atoms with Gasteiger partial charge in [-0.05, 0) is 44.2 Å². The van der Waals surface area contributed by atoms with E-state index in [0.29, 0.717) is 37.2 Å². The summed E-state index contributed by atoms with van der Waals surface area (Å²) in [4.78, 5) is 14.7. The van der Waals surface area contributed by atoms with Crippen LogP contribution in [-0.4, -0.2) is 52.1 Å². The Morgan fingerprint density at radius 3 is 2.44 bits per heavy atom. The van der Waals surface area contributed by atoms with Crippen molar-refractivity contribution >= 4 is 15.9 Å². The minimum Gasteiger partial charge on any atom is -0.337 e. The second-order valence-electron chi connectivity index (χ2n) is 8.54. The minimum atomic E-state index is -4.42. The molecule has 1 N–H and O–H groups in total. The van der Waals surface area contributed by atoms with Gasteiger partial charge in [-0.25, -0.2) is 8.42 Å². The van der Waals surface area contributed by atoms with Crippen molar-refractivity contribution in [3.8, 4) is 0 Å². The summed E-state index contributed by atoms with van der Waals surface area (Å²) in [6.07, 6.45) is -3.58. The summed E-state index contributed by atoms with van der Waals surface area (Å²) in [7, 11) is -3.47. The number of hydrogen-bond acceptors (Lipinski definition) is 4. The fraction of sp³-hybridized carbons (Fsp3) is 0.524. The Kier molecular flexibility index (Phi) is 5.83. The number of H-pyrrole nitrogens is 1. The third-order valence-corrected chi connectivity index (χ3v) is 8.44. The van der Waals surface area contributed by atoms with Crippen LogP contribution in [0.5, 0.6) is 0 Å². The molecule has 0 atom stereocenters. The maximum atomic E-state index is 13.4. The number of hydrogen-bond donors (Lipinski definition) is 1. The van der Waals surface area contributed by atoms with Gasteiger partial charge < -0.3 is 4.90 Å². The number of amides is 1. The van der Waals surface area contributed by atoms with Gasteiger partial charge in [0.1, 0.15) is 0 Å². The summed E-state index contributed by atoms with van der Waals surface area (Å²) in [5, 5.41) is 6.32. The molecule has 174 valence electrons. The van der Waals surface area contributed by atoms with Crippen molar-refractivity contribution in [3.05, 3.63) is 52.3 Å². The molecule has 1 fully saturated rings. The second-order valence-corrected chi connectivity index (χ2v) is 11.0. The summed E-state index contributed by atoms with van der Waals surface area (Å²) < 4.78 is 66.4. The second kappa shape index (κ2) is 8.18. The molecule has 0 radical (unpaired) electrons. The Hall–Kier alpha value is -2.40. The van der Waals surface area contributed by atoms with Gasteiger partial charge in [0.15, 0.2) is 5.69 Å². The fourth-order valence-electron chi connectivity index (χ4n) is 4.42. The maximum absolute atomic E-state index is 13.4. The first-order valence-electron chi connectivity index (χ1n) is 10.5. The van der Waals surface area contributed by atoms with Crippen LogP contribution in [0.4, 0.5) is 13.2 Å². The number of benzene rings is 1. The highest BCUT2D eigenvalue weighted by Gasteiger charge is 2.39. The van der Waals surface area contributed by atoms with Crippen molar-refractivity contribution in [1.29, 1.82) is 0 Å². The molecule has 3 heterocycles. The van der Waals surface area contributed by atoms with Crippen molar-refractivity contribution in [2.75, 3.05) is 13.1 Å². The van der Waals surface area contributed by atoms with Crippen LogP contribution in [0, 0.1) is 0 Å². The molecule has 1 aromatic heterocycles. The Bertz CT molecular complexity index is 1120. The number of nitrogens with zero attached hydrogens (tertiary/aromatic N) is 3. The number of aromatic nitrogens is 2. The number of carbonyl (C=O) groups is 1. The summed E-state index contributed by atoms with van der Waals surface area (Å²) >= 11 is 0. The molecule has 4 rings (SSSR count). The van der Waals surface area contributed by atoms with Crippen LogP contribution in [0.1, 0.15) is 65.5 Å². The number of fused-ring (bicyclic) bond motifs is 1. The van der Waals surface area contributed by atoms with Gasteiger partial charge in [0.05, 0.1) is 23.1 Å². The Balaban J connectivity index is 1.46. The number of likely N-dealkylation sites (tertiary alicyclic amines) is 1. The summed E-state index contributed by atoms with van der Waals surface area (Å²) in [5.41, 5.74) is 1.01. The lowest BCUT2D eigenvalue weighted by atomic mass is 9.86. The molecule has 1 saturated heterocycles. The normalized spacial score (nSPS) is 18.4. The van der Waals surface area contributed by atoms with Crippen molar-refractivity contribution in [2.45, 2.75) is 57.1 Å². The highest BCUT2D eigenvalue weighted by molar-refractivity contribution is 7.89. The maximum Gasteiger partial charge on any atom is 0.416 e. The van der Waals surface area contributed by atoms with E-state index in [1.54, 1.807) is 24.8 Å². The van der Waals surface area contributed by atoms with E-state index < -0.39 is 27.0 Å². The summed E-state index contributed by atoms with van der Waals surface area (Å²) in [5.74, 6) is -0.609. The number of rotatable bonds is 4. The Morgan fingerprint density at radius 2 is 1.81 bits per heavy atom. The average Bonchev–Trinajstić information content (AvgIpc) is 3.34. The quantitative estimate of drug-likeness (QED) is 0.741. The van der Waals surface area contributed by atoms with Crippen LogP contribution >= 0.6 is 0 Å². The molecule has 1 amide bonds. The van der Waals surface area contributed by atoms with E-state index in [-0.39, 0.29) is 36.2 Å². The fourth-order valence-corrected chi connectivity index (χ4v) is 5.63. The largest absolute Gasteiger partial charge is 0.416 e. The first kappa shape index (κ1) is 22.8. The SMILES string of the molecule is CC(C)S(=O)(=O)N1Cc2[nH]nc(C(=O)N3CCC(c4ccccc4C(F)(F)F)CC3)c2C1. The highest BCUT2D eigenvalue weighted by atomic mass is 32.2. The lowest BCUT2D eigenvalue weighted by molar-refractivity contribution is -0.138. The molecule has 7 nitrogen and oxygen atoms in total. The molecule has 2 aliphatic rings. The minimum absolute atomic E-state index is 0.0862. The van der Waals surface area contributed by atoms with E-state index in [0.717, 1.165) is 6.07 Å². The molecule has 0 unspecified atom stereocenters. The number of alkyl halides is 3. The van der Waals surface area contributed by atoms with Gasteiger partial charge in [0.25, 0.3) is 5.91 Å². The smallest absolute Gasteiger partial charge is 0.337 e. The van der Waals surface area contributed by atoms with Crippen LogP contribution in [0.2, 0.25) is 0 Å². The molecule has 2 aromatic rings. The van der Waals surface area contributed by atoms with Crippen LogP contribution in [0.25, 0.3) is 0 Å². The van der Waals surface area contributed by atoms with Gasteiger partial charge in [-0.2, -0.15) is 22.6 Å². The van der Waals surface area contributed by atoms with Crippen LogP contribution in [0.15, 0.2) is 24.3 Å². The Labute approximate surface area is 184 Å². The lowest BCUT2D eigenvalue weighted by Gasteiger charge is -2.33. The topological polar surface area (TPSA) is 86.4 Å². The zero-order valence-electron chi connectivity index (χ0n) is 17.8. The first-order valence-corrected chi connectivity index (χ1v) is 12.0. The number of piperidine rings is 1. The molecular formula is C21H25F3N4O3S. The van der Waals surface area contributed by atoms with Gasteiger partial charge in [0.2, 0.25) is 10.0 Å². The van der Waals surface area contributed by atoms with E-state index >= 15 is 0 Å². The standard InChI is InChI=1S/C21H25F3N4O3S/c1-13(2)32(30,31)28-11-16-18(12-28)25-26-19(16)20(29)27-9-7-14(8-10-27)15-5-3-4-6-17(15)21(22,23)24/h3-6,13-14H,7-12H2,1-2H3,(H,25,26). The number of aromatic amines is 1. The van der Waals surface area contributed by atoms with Crippen LogP contribution in [-0.2, 0) is 29.3 Å². The van der Waals surface area contributed by atoms with Gasteiger partial charge in [-0.3, -0.25) is 9.89 Å². The monoisotopic (exact) mass is 470 g/mol. The molecule has 1 aromatic carbocycles. The molecule has 0 saturated carbocycles. The van der Waals surface area contributed by atoms with E-state index in [9.17, 15) is 26.4 Å². The molecule has 0 aliphatic carbocycles. The molecule has 0 bridgehead atoms. The van der Waals surface area contributed by atoms with E-state index in [1.165, 1.54) is 16.4 Å². The summed E-state index contributed by atoms with van der Waals surface area (Å²) in [6.45, 7) is 4.06. The lowest BCUT2D eigenvalue weighted by Crippen LogP contribution is -2.39. The molecule has 0 spiro atoms. The highest BCUT2D eigenvalue weighted by Crippen LogP contribution is 2.39. The van der Waals surface area contributed by atoms with Crippen molar-refractivity contribution < 1.29 is 26.4 Å². The van der Waals surface area contributed by atoms with Crippen LogP contribution < -0.4 is 0 Å². The van der Waals surface area contributed by atoms with Gasteiger partial charge in [-0.1, -0.05) is 18.2 Å². The summed E-state index contributed by atoms with van der Waals surface area (Å²) in [6, 6.07) is 5.59. The molecule has 11 heteroatoms.